The van der Waals surface area contributed by atoms with Gasteiger partial charge in [0.15, 0.2) is 0 Å². The molecule has 0 radical (unpaired) electrons. The lowest BCUT2D eigenvalue weighted by Crippen LogP contribution is -2.12. The van der Waals surface area contributed by atoms with Gasteiger partial charge in [0.05, 0.1) is 12.7 Å². The Hall–Kier alpha value is 0.1000. The summed E-state index contributed by atoms with van der Waals surface area (Å²) in [5, 5.41) is 10.2. The molecular formula is C11H12Br2O2. The van der Waals surface area contributed by atoms with Crippen LogP contribution in [0.1, 0.15) is 18.1 Å². The van der Waals surface area contributed by atoms with Crippen molar-refractivity contribution >= 4 is 31.9 Å². The minimum Gasteiger partial charge on any atom is -0.388 e. The fourth-order valence-corrected chi connectivity index (χ4v) is 3.08. The Kier molecular flexibility index (Phi) is 3.83. The Labute approximate surface area is 106 Å². The van der Waals surface area contributed by atoms with Crippen LogP contribution in [0.3, 0.4) is 0 Å². The van der Waals surface area contributed by atoms with Crippen LogP contribution in [0.25, 0.3) is 0 Å². The van der Waals surface area contributed by atoms with Crippen LogP contribution in [0.4, 0.5) is 0 Å². The maximum Gasteiger partial charge on any atom is 0.0851 e. The first-order valence-corrected chi connectivity index (χ1v) is 6.48. The van der Waals surface area contributed by atoms with Gasteiger partial charge in [-0.05, 0) is 24.1 Å². The molecule has 1 aromatic rings. The van der Waals surface area contributed by atoms with Crippen LogP contribution in [0.2, 0.25) is 0 Å². The van der Waals surface area contributed by atoms with Gasteiger partial charge in [-0.1, -0.05) is 37.9 Å². The molecule has 1 aliphatic heterocycles. The van der Waals surface area contributed by atoms with E-state index in [0.29, 0.717) is 6.61 Å². The smallest absolute Gasteiger partial charge is 0.0851 e. The largest absolute Gasteiger partial charge is 0.388 e. The summed E-state index contributed by atoms with van der Waals surface area (Å²) in [4.78, 5) is 0. The summed E-state index contributed by atoms with van der Waals surface area (Å²) in [6.45, 7) is 1.42. The summed E-state index contributed by atoms with van der Waals surface area (Å²) < 4.78 is 7.23. The van der Waals surface area contributed by atoms with Crippen LogP contribution >= 0.6 is 31.9 Å². The molecule has 1 aromatic carbocycles. The van der Waals surface area contributed by atoms with Crippen LogP contribution in [0.15, 0.2) is 27.1 Å². The van der Waals surface area contributed by atoms with Crippen molar-refractivity contribution in [1.82, 2.24) is 0 Å². The first-order valence-electron chi connectivity index (χ1n) is 4.89. The Morgan fingerprint density at radius 2 is 2.20 bits per heavy atom. The molecule has 1 fully saturated rings. The summed E-state index contributed by atoms with van der Waals surface area (Å²) >= 11 is 6.86. The molecule has 2 atom stereocenters. The highest BCUT2D eigenvalue weighted by Crippen LogP contribution is 2.34. The number of hydrogen-bond acceptors (Lipinski definition) is 2. The van der Waals surface area contributed by atoms with Gasteiger partial charge in [-0.15, -0.1) is 0 Å². The SMILES string of the molecule is OC(c1ccc(Br)cc1Br)C1CCOC1. The number of hydrogen-bond donors (Lipinski definition) is 1. The van der Waals surface area contributed by atoms with Crippen LogP contribution < -0.4 is 0 Å². The first kappa shape index (κ1) is 11.6. The number of rotatable bonds is 2. The highest BCUT2D eigenvalue weighted by atomic mass is 79.9. The van der Waals surface area contributed by atoms with Crippen molar-refractivity contribution in [2.75, 3.05) is 13.2 Å². The van der Waals surface area contributed by atoms with Crippen molar-refractivity contribution in [1.29, 1.82) is 0 Å². The topological polar surface area (TPSA) is 29.5 Å². The molecule has 0 aromatic heterocycles. The van der Waals surface area contributed by atoms with Crippen molar-refractivity contribution in [3.63, 3.8) is 0 Å². The zero-order chi connectivity index (χ0) is 10.8. The first-order chi connectivity index (χ1) is 7.18. The van der Waals surface area contributed by atoms with Crippen LogP contribution in [0.5, 0.6) is 0 Å². The van der Waals surface area contributed by atoms with Gasteiger partial charge < -0.3 is 9.84 Å². The Bertz CT molecular complexity index is 348. The molecule has 1 saturated heterocycles. The lowest BCUT2D eigenvalue weighted by atomic mass is 9.95. The fourth-order valence-electron chi connectivity index (χ4n) is 1.80. The third kappa shape index (κ3) is 2.61. The molecule has 15 heavy (non-hydrogen) atoms. The van der Waals surface area contributed by atoms with E-state index in [0.717, 1.165) is 27.5 Å². The second-order valence-corrected chi connectivity index (χ2v) is 5.50. The summed E-state index contributed by atoms with van der Waals surface area (Å²) in [7, 11) is 0. The van der Waals surface area contributed by atoms with Crippen LogP contribution in [-0.4, -0.2) is 18.3 Å². The molecule has 82 valence electrons. The molecule has 1 heterocycles. The van der Waals surface area contributed by atoms with Gasteiger partial charge in [0.2, 0.25) is 0 Å². The quantitative estimate of drug-likeness (QED) is 0.898. The fraction of sp³-hybridized carbons (Fsp3) is 0.455. The zero-order valence-corrected chi connectivity index (χ0v) is 11.3. The zero-order valence-electron chi connectivity index (χ0n) is 8.12. The molecule has 0 aliphatic carbocycles. The van der Waals surface area contributed by atoms with Crippen LogP contribution in [-0.2, 0) is 4.74 Å². The van der Waals surface area contributed by atoms with E-state index in [4.69, 9.17) is 4.74 Å². The second-order valence-electron chi connectivity index (χ2n) is 3.73. The van der Waals surface area contributed by atoms with E-state index in [2.05, 4.69) is 31.9 Å². The van der Waals surface area contributed by atoms with Gasteiger partial charge in [-0.2, -0.15) is 0 Å². The van der Waals surface area contributed by atoms with Gasteiger partial charge in [0.25, 0.3) is 0 Å². The minimum atomic E-state index is -0.435. The van der Waals surface area contributed by atoms with Crippen molar-refractivity contribution in [2.24, 2.45) is 5.92 Å². The second kappa shape index (κ2) is 4.95. The van der Waals surface area contributed by atoms with E-state index < -0.39 is 6.10 Å². The molecule has 2 unspecified atom stereocenters. The van der Waals surface area contributed by atoms with Gasteiger partial charge in [0, 0.05) is 21.5 Å². The highest BCUT2D eigenvalue weighted by Gasteiger charge is 2.26. The third-order valence-electron chi connectivity index (χ3n) is 2.69. The molecule has 0 amide bonds. The average Bonchev–Trinajstić information content (AvgIpc) is 2.69. The number of benzene rings is 1. The molecule has 2 nitrogen and oxygen atoms in total. The Morgan fingerprint density at radius 3 is 2.80 bits per heavy atom. The van der Waals surface area contributed by atoms with Crippen molar-refractivity contribution in [3.8, 4) is 0 Å². The predicted molar refractivity (Wildman–Crippen MR) is 65.7 cm³/mol. The Morgan fingerprint density at radius 1 is 1.40 bits per heavy atom. The van der Waals surface area contributed by atoms with Gasteiger partial charge in [0.1, 0.15) is 0 Å². The Balaban J connectivity index is 2.20. The van der Waals surface area contributed by atoms with Crippen molar-refractivity contribution < 1.29 is 9.84 Å². The molecule has 2 rings (SSSR count). The lowest BCUT2D eigenvalue weighted by Gasteiger charge is -2.18. The normalized spacial score (nSPS) is 23.0. The van der Waals surface area contributed by atoms with Crippen LogP contribution in [0, 0.1) is 5.92 Å². The van der Waals surface area contributed by atoms with Gasteiger partial charge in [-0.25, -0.2) is 0 Å². The summed E-state index contributed by atoms with van der Waals surface area (Å²) in [6.07, 6.45) is 0.499. The number of aliphatic hydroxyl groups is 1. The summed E-state index contributed by atoms with van der Waals surface area (Å²) in [5.41, 5.74) is 0.939. The van der Waals surface area contributed by atoms with E-state index in [9.17, 15) is 5.11 Å². The molecule has 1 aliphatic rings. The van der Waals surface area contributed by atoms with E-state index >= 15 is 0 Å². The highest BCUT2D eigenvalue weighted by molar-refractivity contribution is 9.11. The predicted octanol–water partition coefficient (Wildman–Crippen LogP) is 3.28. The summed E-state index contributed by atoms with van der Waals surface area (Å²) in [6, 6.07) is 5.84. The number of halogens is 2. The van der Waals surface area contributed by atoms with E-state index in [1.165, 1.54) is 0 Å². The minimum absolute atomic E-state index is 0.225. The third-order valence-corrected chi connectivity index (χ3v) is 3.87. The maximum atomic E-state index is 10.2. The summed E-state index contributed by atoms with van der Waals surface area (Å²) in [5.74, 6) is 0.225. The van der Waals surface area contributed by atoms with E-state index in [1.807, 2.05) is 18.2 Å². The van der Waals surface area contributed by atoms with Crippen molar-refractivity contribution in [3.05, 3.63) is 32.7 Å². The monoisotopic (exact) mass is 334 g/mol. The molecular weight excluding hydrogens is 324 g/mol. The standard InChI is InChI=1S/C11H12Br2O2/c12-8-1-2-9(10(13)5-8)11(14)7-3-4-15-6-7/h1-2,5,7,11,14H,3-4,6H2. The lowest BCUT2D eigenvalue weighted by molar-refractivity contribution is 0.0913. The molecule has 4 heteroatoms. The molecule has 0 bridgehead atoms. The van der Waals surface area contributed by atoms with E-state index in [1.54, 1.807) is 0 Å². The average molecular weight is 336 g/mol. The number of ether oxygens (including phenoxy) is 1. The molecule has 1 N–H and O–H groups in total. The maximum absolute atomic E-state index is 10.2. The molecule has 0 saturated carbocycles. The number of aliphatic hydroxyl groups excluding tert-OH is 1. The van der Waals surface area contributed by atoms with Gasteiger partial charge >= 0.3 is 0 Å². The molecule has 0 spiro atoms. The van der Waals surface area contributed by atoms with E-state index in [-0.39, 0.29) is 5.92 Å². The van der Waals surface area contributed by atoms with Gasteiger partial charge in [-0.3, -0.25) is 0 Å². The van der Waals surface area contributed by atoms with Crippen molar-refractivity contribution in [2.45, 2.75) is 12.5 Å².